The van der Waals surface area contributed by atoms with Crippen molar-refractivity contribution in [2.24, 2.45) is 11.7 Å². The molecule has 1 aliphatic carbocycles. The lowest BCUT2D eigenvalue weighted by atomic mass is 9.97. The van der Waals surface area contributed by atoms with Gasteiger partial charge in [0.2, 0.25) is 0 Å². The van der Waals surface area contributed by atoms with Gasteiger partial charge < -0.3 is 10.6 Å². The Labute approximate surface area is 90.7 Å². The van der Waals surface area contributed by atoms with Gasteiger partial charge in [-0.15, -0.1) is 0 Å². The SMILES string of the molecule is CC(C)CCN(C)C1=C(N)C(=O)C1S. The van der Waals surface area contributed by atoms with E-state index in [1.165, 1.54) is 0 Å². The van der Waals surface area contributed by atoms with Crippen molar-refractivity contribution in [3.8, 4) is 0 Å². The molecule has 3 nitrogen and oxygen atoms in total. The number of nitrogens with zero attached hydrogens (tertiary/aromatic N) is 1. The first-order valence-corrected chi connectivity index (χ1v) is 5.39. The summed E-state index contributed by atoms with van der Waals surface area (Å²) in [4.78, 5) is 13.2. The second kappa shape index (κ2) is 4.26. The zero-order chi connectivity index (χ0) is 10.9. The number of carbonyl (C=O) groups excluding carboxylic acids is 1. The Morgan fingerprint density at radius 1 is 1.57 bits per heavy atom. The quantitative estimate of drug-likeness (QED) is 0.687. The van der Waals surface area contributed by atoms with Crippen molar-refractivity contribution in [2.45, 2.75) is 25.5 Å². The van der Waals surface area contributed by atoms with Crippen LogP contribution in [0.5, 0.6) is 0 Å². The van der Waals surface area contributed by atoms with Gasteiger partial charge in [0.1, 0.15) is 5.25 Å². The van der Waals surface area contributed by atoms with E-state index in [0.29, 0.717) is 11.6 Å². The van der Waals surface area contributed by atoms with Gasteiger partial charge in [-0.2, -0.15) is 12.6 Å². The third kappa shape index (κ3) is 2.05. The highest BCUT2D eigenvalue weighted by atomic mass is 32.1. The molecule has 1 rings (SSSR count). The molecule has 0 amide bonds. The minimum atomic E-state index is -0.299. The summed E-state index contributed by atoms with van der Waals surface area (Å²) in [5, 5.41) is -0.299. The molecule has 80 valence electrons. The van der Waals surface area contributed by atoms with Crippen molar-refractivity contribution >= 4 is 18.4 Å². The number of hydrogen-bond donors (Lipinski definition) is 2. The number of ketones is 1. The second-order valence-electron chi connectivity index (χ2n) is 4.17. The van der Waals surface area contributed by atoms with Crippen LogP contribution in [0.4, 0.5) is 0 Å². The van der Waals surface area contributed by atoms with E-state index in [2.05, 4.69) is 26.5 Å². The molecule has 0 spiro atoms. The minimum Gasteiger partial charge on any atom is -0.394 e. The van der Waals surface area contributed by atoms with Gasteiger partial charge in [-0.25, -0.2) is 0 Å². The van der Waals surface area contributed by atoms with E-state index >= 15 is 0 Å². The molecule has 2 N–H and O–H groups in total. The van der Waals surface area contributed by atoms with Gasteiger partial charge in [0, 0.05) is 13.6 Å². The molecule has 0 heterocycles. The van der Waals surface area contributed by atoms with Gasteiger partial charge in [0.15, 0.2) is 5.78 Å². The molecule has 1 atom stereocenters. The highest BCUT2D eigenvalue weighted by molar-refractivity contribution is 7.82. The lowest BCUT2D eigenvalue weighted by Gasteiger charge is -2.34. The molecule has 0 fully saturated rings. The van der Waals surface area contributed by atoms with Gasteiger partial charge in [0.05, 0.1) is 11.4 Å². The maximum Gasteiger partial charge on any atom is 0.198 e. The highest BCUT2D eigenvalue weighted by Gasteiger charge is 2.36. The maximum absolute atomic E-state index is 11.1. The topological polar surface area (TPSA) is 46.3 Å². The first-order valence-electron chi connectivity index (χ1n) is 4.88. The van der Waals surface area contributed by atoms with Crippen LogP contribution in [0.25, 0.3) is 0 Å². The van der Waals surface area contributed by atoms with Crippen LogP contribution in [0.1, 0.15) is 20.3 Å². The fraction of sp³-hybridized carbons (Fsp3) is 0.700. The molecule has 14 heavy (non-hydrogen) atoms. The highest BCUT2D eigenvalue weighted by Crippen LogP contribution is 2.28. The summed E-state index contributed by atoms with van der Waals surface area (Å²) < 4.78 is 0. The molecular weight excluding hydrogens is 196 g/mol. The molecule has 1 unspecified atom stereocenters. The fourth-order valence-corrected chi connectivity index (χ4v) is 1.93. The summed E-state index contributed by atoms with van der Waals surface area (Å²) in [6.45, 7) is 5.28. The normalized spacial score (nSPS) is 21.5. The Morgan fingerprint density at radius 3 is 2.57 bits per heavy atom. The van der Waals surface area contributed by atoms with Crippen molar-refractivity contribution in [1.82, 2.24) is 4.90 Å². The second-order valence-corrected chi connectivity index (χ2v) is 4.69. The van der Waals surface area contributed by atoms with E-state index in [4.69, 9.17) is 5.73 Å². The van der Waals surface area contributed by atoms with Crippen LogP contribution in [-0.2, 0) is 4.79 Å². The summed E-state index contributed by atoms with van der Waals surface area (Å²) >= 11 is 4.19. The smallest absolute Gasteiger partial charge is 0.198 e. The van der Waals surface area contributed by atoms with Gasteiger partial charge in [-0.05, 0) is 12.3 Å². The zero-order valence-electron chi connectivity index (χ0n) is 8.95. The average molecular weight is 214 g/mol. The van der Waals surface area contributed by atoms with Crippen LogP contribution < -0.4 is 5.73 Å². The molecule has 4 heteroatoms. The van der Waals surface area contributed by atoms with E-state index in [1.54, 1.807) is 0 Å². The van der Waals surface area contributed by atoms with Crippen LogP contribution in [0.15, 0.2) is 11.4 Å². The summed E-state index contributed by atoms with van der Waals surface area (Å²) in [6, 6.07) is 0. The van der Waals surface area contributed by atoms with E-state index < -0.39 is 0 Å². The molecule has 0 radical (unpaired) electrons. The van der Waals surface area contributed by atoms with Gasteiger partial charge >= 0.3 is 0 Å². The summed E-state index contributed by atoms with van der Waals surface area (Å²) in [7, 11) is 1.96. The molecule has 0 saturated carbocycles. The lowest BCUT2D eigenvalue weighted by Crippen LogP contribution is -2.44. The summed E-state index contributed by atoms with van der Waals surface area (Å²) in [5.41, 5.74) is 6.88. The average Bonchev–Trinajstić information content (AvgIpc) is 2.14. The predicted molar refractivity (Wildman–Crippen MR) is 61.1 cm³/mol. The standard InChI is InChI=1S/C10H18N2OS/c1-6(2)4-5-12(3)8-7(11)9(13)10(8)14/h6,10,14H,4-5,11H2,1-3H3. The van der Waals surface area contributed by atoms with E-state index in [0.717, 1.165) is 18.7 Å². The number of allylic oxidation sites excluding steroid dienone is 1. The van der Waals surface area contributed by atoms with Crippen LogP contribution in [0.3, 0.4) is 0 Å². The van der Waals surface area contributed by atoms with Crippen LogP contribution in [0.2, 0.25) is 0 Å². The Hall–Kier alpha value is -0.640. The molecule has 0 saturated heterocycles. The number of Topliss-reactive ketones (excluding diaryl/α,β-unsaturated/α-hetero) is 1. The zero-order valence-corrected chi connectivity index (χ0v) is 9.84. The third-order valence-corrected chi connectivity index (χ3v) is 2.98. The predicted octanol–water partition coefficient (Wildman–Crippen LogP) is 1.02. The number of hydrogen-bond acceptors (Lipinski definition) is 4. The largest absolute Gasteiger partial charge is 0.394 e. The first kappa shape index (κ1) is 11.4. The Morgan fingerprint density at radius 2 is 2.14 bits per heavy atom. The van der Waals surface area contributed by atoms with Gasteiger partial charge in [0.25, 0.3) is 0 Å². The van der Waals surface area contributed by atoms with Crippen LogP contribution in [0, 0.1) is 5.92 Å². The molecular formula is C10H18N2OS. The molecule has 0 aliphatic heterocycles. The number of thiol groups is 1. The maximum atomic E-state index is 11.1. The van der Waals surface area contributed by atoms with Gasteiger partial charge in [-0.1, -0.05) is 13.8 Å². The molecule has 1 aliphatic rings. The number of rotatable bonds is 4. The van der Waals surface area contributed by atoms with Crippen LogP contribution in [-0.4, -0.2) is 29.5 Å². The van der Waals surface area contributed by atoms with Crippen molar-refractivity contribution in [3.05, 3.63) is 11.4 Å². The Kier molecular flexibility index (Phi) is 3.48. The summed E-state index contributed by atoms with van der Waals surface area (Å²) in [5.74, 6) is 0.619. The van der Waals surface area contributed by atoms with E-state index in [-0.39, 0.29) is 11.0 Å². The van der Waals surface area contributed by atoms with Crippen molar-refractivity contribution in [1.29, 1.82) is 0 Å². The molecule has 0 aromatic rings. The van der Waals surface area contributed by atoms with E-state index in [9.17, 15) is 4.79 Å². The van der Waals surface area contributed by atoms with Crippen molar-refractivity contribution < 1.29 is 4.79 Å². The number of carbonyl (C=O) groups is 1. The first-order chi connectivity index (χ1) is 6.45. The number of nitrogens with two attached hydrogens (primary N) is 1. The monoisotopic (exact) mass is 214 g/mol. The summed E-state index contributed by atoms with van der Waals surface area (Å²) in [6.07, 6.45) is 1.10. The van der Waals surface area contributed by atoms with Crippen LogP contribution >= 0.6 is 12.6 Å². The third-order valence-electron chi connectivity index (χ3n) is 2.50. The van der Waals surface area contributed by atoms with Crippen molar-refractivity contribution in [2.75, 3.05) is 13.6 Å². The Bertz CT molecular complexity index is 273. The lowest BCUT2D eigenvalue weighted by molar-refractivity contribution is -0.116. The minimum absolute atomic E-state index is 0.0419. The fourth-order valence-electron chi connectivity index (χ4n) is 1.45. The van der Waals surface area contributed by atoms with Gasteiger partial charge in [-0.3, -0.25) is 4.79 Å². The molecule has 0 aromatic carbocycles. The van der Waals surface area contributed by atoms with E-state index in [1.807, 2.05) is 11.9 Å². The Balaban J connectivity index is 2.54. The molecule has 0 aromatic heterocycles. The van der Waals surface area contributed by atoms with Crippen molar-refractivity contribution in [3.63, 3.8) is 0 Å². The molecule has 0 bridgehead atoms.